The summed E-state index contributed by atoms with van der Waals surface area (Å²) in [5.41, 5.74) is 3.34. The normalized spacial score (nSPS) is 11.1. The first-order chi connectivity index (χ1) is 10.3. The van der Waals surface area contributed by atoms with Gasteiger partial charge in [0.2, 0.25) is 0 Å². The Kier molecular flexibility index (Phi) is 2.79. The van der Waals surface area contributed by atoms with Crippen molar-refractivity contribution < 1.29 is 0 Å². The van der Waals surface area contributed by atoms with Gasteiger partial charge in [-0.2, -0.15) is 0 Å². The number of nitrogens with zero attached hydrogens (tertiary/aromatic N) is 3. The Bertz CT molecular complexity index is 952. The summed E-state index contributed by atoms with van der Waals surface area (Å²) in [6.07, 6.45) is 1.76. The molecule has 100 valence electrons. The van der Waals surface area contributed by atoms with Crippen molar-refractivity contribution in [1.82, 2.24) is 15.0 Å². The maximum Gasteiger partial charge on any atom is 0.129 e. The van der Waals surface area contributed by atoms with Crippen LogP contribution in [0.3, 0.4) is 0 Å². The van der Waals surface area contributed by atoms with Gasteiger partial charge in [-0.25, -0.2) is 9.97 Å². The number of aromatic nitrogens is 3. The zero-order valence-corrected chi connectivity index (χ0v) is 11.7. The predicted octanol–water partition coefficient (Wildman–Crippen LogP) is 4.50. The maximum atomic E-state index is 6.02. The first kappa shape index (κ1) is 12.2. The summed E-state index contributed by atoms with van der Waals surface area (Å²) >= 11 is 6.02. The van der Waals surface area contributed by atoms with E-state index in [-0.39, 0.29) is 0 Å². The molecule has 0 aliphatic heterocycles. The average Bonchev–Trinajstić information content (AvgIpc) is 2.55. The van der Waals surface area contributed by atoms with E-state index in [2.05, 4.69) is 9.97 Å². The Labute approximate surface area is 126 Å². The Morgan fingerprint density at radius 1 is 0.667 bits per heavy atom. The lowest BCUT2D eigenvalue weighted by Crippen LogP contribution is -1.90. The molecular formula is C17H10ClN3. The minimum absolute atomic E-state index is 0.472. The Hall–Kier alpha value is -2.52. The molecule has 1 aromatic carbocycles. The zero-order chi connectivity index (χ0) is 14.2. The molecule has 4 rings (SSSR count). The molecule has 4 aromatic rings. The van der Waals surface area contributed by atoms with Crippen molar-refractivity contribution in [1.29, 1.82) is 0 Å². The van der Waals surface area contributed by atoms with Crippen LogP contribution in [0.2, 0.25) is 5.15 Å². The van der Waals surface area contributed by atoms with Gasteiger partial charge in [0.25, 0.3) is 0 Å². The monoisotopic (exact) mass is 291 g/mol. The predicted molar refractivity (Wildman–Crippen MR) is 85.3 cm³/mol. The Morgan fingerprint density at radius 2 is 1.38 bits per heavy atom. The van der Waals surface area contributed by atoms with E-state index in [4.69, 9.17) is 16.6 Å². The third-order valence-electron chi connectivity index (χ3n) is 3.41. The molecule has 3 nitrogen and oxygen atoms in total. The third kappa shape index (κ3) is 2.12. The van der Waals surface area contributed by atoms with Crippen molar-refractivity contribution in [3.63, 3.8) is 0 Å². The molecule has 3 aromatic heterocycles. The van der Waals surface area contributed by atoms with Crippen LogP contribution in [0.1, 0.15) is 0 Å². The van der Waals surface area contributed by atoms with E-state index in [1.165, 1.54) is 0 Å². The first-order valence-electron chi connectivity index (χ1n) is 6.59. The van der Waals surface area contributed by atoms with E-state index in [0.717, 1.165) is 33.2 Å². The lowest BCUT2D eigenvalue weighted by Gasteiger charge is -2.05. The molecule has 0 N–H and O–H groups in total. The van der Waals surface area contributed by atoms with Crippen LogP contribution in [0.25, 0.3) is 33.2 Å². The summed E-state index contributed by atoms with van der Waals surface area (Å²) in [6.45, 7) is 0. The van der Waals surface area contributed by atoms with Gasteiger partial charge in [-0.15, -0.1) is 0 Å². The summed E-state index contributed by atoms with van der Waals surface area (Å²) in [5.74, 6) is 0. The van der Waals surface area contributed by atoms with Crippen molar-refractivity contribution in [2.75, 3.05) is 0 Å². The van der Waals surface area contributed by atoms with Gasteiger partial charge in [0.05, 0.1) is 22.4 Å². The molecule has 0 radical (unpaired) electrons. The smallest absolute Gasteiger partial charge is 0.129 e. The van der Waals surface area contributed by atoms with Gasteiger partial charge < -0.3 is 0 Å². The highest BCUT2D eigenvalue weighted by atomic mass is 35.5. The van der Waals surface area contributed by atoms with Crippen molar-refractivity contribution in [2.24, 2.45) is 0 Å². The van der Waals surface area contributed by atoms with Crippen molar-refractivity contribution in [2.45, 2.75) is 0 Å². The Balaban J connectivity index is 2.05. The van der Waals surface area contributed by atoms with Crippen LogP contribution < -0.4 is 0 Å². The molecule has 3 heterocycles. The van der Waals surface area contributed by atoms with Gasteiger partial charge in [-0.05, 0) is 30.3 Å². The van der Waals surface area contributed by atoms with Gasteiger partial charge >= 0.3 is 0 Å². The number of hydrogen-bond acceptors (Lipinski definition) is 3. The highest BCUT2D eigenvalue weighted by Gasteiger charge is 2.07. The molecule has 0 saturated heterocycles. The highest BCUT2D eigenvalue weighted by molar-refractivity contribution is 6.30. The van der Waals surface area contributed by atoms with Crippen LogP contribution in [0, 0.1) is 0 Å². The molecular weight excluding hydrogens is 282 g/mol. The minimum Gasteiger partial charge on any atom is -0.255 e. The largest absolute Gasteiger partial charge is 0.255 e. The summed E-state index contributed by atoms with van der Waals surface area (Å²) in [7, 11) is 0. The number of pyridine rings is 3. The minimum atomic E-state index is 0.472. The van der Waals surface area contributed by atoms with Crippen LogP contribution in [0.15, 0.2) is 60.8 Å². The molecule has 0 amide bonds. The van der Waals surface area contributed by atoms with E-state index in [1.54, 1.807) is 12.3 Å². The lowest BCUT2D eigenvalue weighted by atomic mass is 10.1. The van der Waals surface area contributed by atoms with Crippen LogP contribution in [0.4, 0.5) is 0 Å². The molecule has 4 heteroatoms. The molecule has 0 aliphatic rings. The highest BCUT2D eigenvalue weighted by Crippen LogP contribution is 2.26. The molecule has 0 fully saturated rings. The number of halogens is 1. The second-order valence-corrected chi connectivity index (χ2v) is 5.14. The number of fused-ring (bicyclic) bond motifs is 3. The summed E-state index contributed by atoms with van der Waals surface area (Å²) in [6, 6.07) is 17.6. The summed E-state index contributed by atoms with van der Waals surface area (Å²) < 4.78 is 0. The SMILES string of the molecule is Clc1ccc2ccc3ccc(-c4ccccn4)nc3c2n1. The molecule has 0 saturated carbocycles. The molecule has 0 atom stereocenters. The molecule has 0 aliphatic carbocycles. The third-order valence-corrected chi connectivity index (χ3v) is 3.62. The lowest BCUT2D eigenvalue weighted by molar-refractivity contribution is 1.27. The van der Waals surface area contributed by atoms with E-state index in [1.807, 2.05) is 48.5 Å². The second kappa shape index (κ2) is 4.79. The van der Waals surface area contributed by atoms with Gasteiger partial charge in [-0.3, -0.25) is 4.98 Å². The molecule has 21 heavy (non-hydrogen) atoms. The number of benzene rings is 1. The number of rotatable bonds is 1. The van der Waals surface area contributed by atoms with Crippen LogP contribution in [-0.4, -0.2) is 15.0 Å². The van der Waals surface area contributed by atoms with E-state index < -0.39 is 0 Å². The number of hydrogen-bond donors (Lipinski definition) is 0. The van der Waals surface area contributed by atoms with Crippen molar-refractivity contribution in [3.05, 3.63) is 65.9 Å². The van der Waals surface area contributed by atoms with Gasteiger partial charge in [0.15, 0.2) is 0 Å². The topological polar surface area (TPSA) is 38.7 Å². The second-order valence-electron chi connectivity index (χ2n) is 4.75. The molecule has 0 spiro atoms. The van der Waals surface area contributed by atoms with Crippen LogP contribution >= 0.6 is 11.6 Å². The summed E-state index contributed by atoms with van der Waals surface area (Å²) in [5, 5.41) is 2.54. The molecule has 0 bridgehead atoms. The first-order valence-corrected chi connectivity index (χ1v) is 6.96. The summed E-state index contributed by atoms with van der Waals surface area (Å²) in [4.78, 5) is 13.5. The van der Waals surface area contributed by atoms with Gasteiger partial charge in [0.1, 0.15) is 5.15 Å². The fourth-order valence-corrected chi connectivity index (χ4v) is 2.55. The van der Waals surface area contributed by atoms with Crippen LogP contribution in [0.5, 0.6) is 0 Å². The quantitative estimate of drug-likeness (QED) is 0.383. The zero-order valence-electron chi connectivity index (χ0n) is 11.0. The standard InChI is InChI=1S/C17H10ClN3/c18-15-9-7-12-5-4-11-6-8-14(13-3-1-2-10-19-13)20-16(11)17(12)21-15/h1-10H. The van der Waals surface area contributed by atoms with Crippen molar-refractivity contribution in [3.8, 4) is 11.4 Å². The van der Waals surface area contributed by atoms with E-state index >= 15 is 0 Å². The molecule has 0 unspecified atom stereocenters. The van der Waals surface area contributed by atoms with Gasteiger partial charge in [0, 0.05) is 17.0 Å². The van der Waals surface area contributed by atoms with Crippen molar-refractivity contribution >= 4 is 33.4 Å². The fraction of sp³-hybridized carbons (Fsp3) is 0. The van der Waals surface area contributed by atoms with Crippen LogP contribution in [-0.2, 0) is 0 Å². The van der Waals surface area contributed by atoms with Gasteiger partial charge in [-0.1, -0.05) is 35.9 Å². The maximum absolute atomic E-state index is 6.02. The average molecular weight is 292 g/mol. The fourth-order valence-electron chi connectivity index (χ4n) is 2.40. The Morgan fingerprint density at radius 3 is 2.14 bits per heavy atom. The van der Waals surface area contributed by atoms with E-state index in [9.17, 15) is 0 Å². The van der Waals surface area contributed by atoms with E-state index in [0.29, 0.717) is 5.15 Å².